The zero-order valence-corrected chi connectivity index (χ0v) is 12.1. The number of halogens is 1. The third kappa shape index (κ3) is 3.91. The second-order valence-corrected chi connectivity index (χ2v) is 5.00. The molecular formula is C13H17ClN2O4. The number of aliphatic hydroxyl groups excluding tert-OH is 1. The average Bonchev–Trinajstić information content (AvgIpc) is 2.38. The van der Waals surface area contributed by atoms with Crippen LogP contribution in [0.1, 0.15) is 30.6 Å². The van der Waals surface area contributed by atoms with Crippen molar-refractivity contribution >= 4 is 23.2 Å². The largest absolute Gasteiger partial charge is 0.396 e. The van der Waals surface area contributed by atoms with Crippen LogP contribution < -0.4 is 0 Å². The van der Waals surface area contributed by atoms with E-state index in [0.717, 1.165) is 0 Å². The van der Waals surface area contributed by atoms with E-state index in [2.05, 4.69) is 0 Å². The summed E-state index contributed by atoms with van der Waals surface area (Å²) in [5.41, 5.74) is -0.0730. The molecule has 0 heterocycles. The van der Waals surface area contributed by atoms with Gasteiger partial charge in [0, 0.05) is 30.8 Å². The fourth-order valence-corrected chi connectivity index (χ4v) is 1.97. The molecule has 0 radical (unpaired) electrons. The average molecular weight is 301 g/mol. The number of hydrogen-bond donors (Lipinski definition) is 1. The smallest absolute Gasteiger partial charge is 0.288 e. The number of nitrogens with zero attached hydrogens (tertiary/aromatic N) is 2. The van der Waals surface area contributed by atoms with Crippen molar-refractivity contribution in [1.82, 2.24) is 4.90 Å². The topological polar surface area (TPSA) is 83.7 Å². The number of benzene rings is 1. The highest BCUT2D eigenvalue weighted by Crippen LogP contribution is 2.26. The van der Waals surface area contributed by atoms with E-state index >= 15 is 0 Å². The summed E-state index contributed by atoms with van der Waals surface area (Å²) in [4.78, 5) is 24.1. The minimum Gasteiger partial charge on any atom is -0.396 e. The molecule has 7 heteroatoms. The van der Waals surface area contributed by atoms with Crippen molar-refractivity contribution in [2.24, 2.45) is 0 Å². The molecule has 1 aromatic carbocycles. The summed E-state index contributed by atoms with van der Waals surface area (Å²) >= 11 is 5.72. The van der Waals surface area contributed by atoms with Gasteiger partial charge in [0.05, 0.1) is 4.92 Å². The fourth-order valence-electron chi connectivity index (χ4n) is 1.79. The summed E-state index contributed by atoms with van der Waals surface area (Å²) in [7, 11) is 0. The molecule has 0 aliphatic heterocycles. The molecular weight excluding hydrogens is 284 g/mol. The molecule has 1 amide bonds. The van der Waals surface area contributed by atoms with Crippen LogP contribution in [-0.4, -0.2) is 40.0 Å². The number of nitro groups is 1. The Morgan fingerprint density at radius 2 is 2.15 bits per heavy atom. The van der Waals surface area contributed by atoms with E-state index in [1.165, 1.54) is 18.2 Å². The highest BCUT2D eigenvalue weighted by atomic mass is 35.5. The van der Waals surface area contributed by atoms with Gasteiger partial charge in [-0.3, -0.25) is 14.9 Å². The van der Waals surface area contributed by atoms with Gasteiger partial charge in [-0.2, -0.15) is 0 Å². The van der Waals surface area contributed by atoms with Gasteiger partial charge in [-0.1, -0.05) is 11.6 Å². The van der Waals surface area contributed by atoms with Gasteiger partial charge in [0.25, 0.3) is 11.6 Å². The van der Waals surface area contributed by atoms with Gasteiger partial charge in [-0.25, -0.2) is 0 Å². The predicted octanol–water partition coefficient (Wildman–Crippen LogP) is 2.48. The minimum atomic E-state index is -0.619. The van der Waals surface area contributed by atoms with E-state index in [9.17, 15) is 14.9 Å². The number of carbonyl (C=O) groups is 1. The van der Waals surface area contributed by atoms with Crippen LogP contribution in [0, 0.1) is 10.1 Å². The van der Waals surface area contributed by atoms with Crippen LogP contribution in [0.4, 0.5) is 5.69 Å². The maximum Gasteiger partial charge on any atom is 0.288 e. The zero-order chi connectivity index (χ0) is 15.3. The summed E-state index contributed by atoms with van der Waals surface area (Å²) in [6.45, 7) is 4.07. The molecule has 0 unspecified atom stereocenters. The number of aliphatic hydroxyl groups is 1. The van der Waals surface area contributed by atoms with Crippen molar-refractivity contribution in [3.63, 3.8) is 0 Å². The van der Waals surface area contributed by atoms with Crippen molar-refractivity contribution < 1.29 is 14.8 Å². The van der Waals surface area contributed by atoms with Crippen molar-refractivity contribution in [3.8, 4) is 0 Å². The van der Waals surface area contributed by atoms with Crippen LogP contribution in [-0.2, 0) is 0 Å². The van der Waals surface area contributed by atoms with E-state index in [1.807, 2.05) is 13.8 Å². The van der Waals surface area contributed by atoms with E-state index < -0.39 is 4.92 Å². The molecule has 0 bridgehead atoms. The van der Waals surface area contributed by atoms with Crippen molar-refractivity contribution in [1.29, 1.82) is 0 Å². The lowest BCUT2D eigenvalue weighted by Gasteiger charge is -2.26. The Kier molecular flexibility index (Phi) is 5.91. The van der Waals surface area contributed by atoms with Crippen molar-refractivity contribution in [2.75, 3.05) is 13.2 Å². The molecule has 0 saturated heterocycles. The quantitative estimate of drug-likeness (QED) is 0.646. The first kappa shape index (κ1) is 16.4. The number of amides is 1. The Bertz CT molecular complexity index is 505. The molecule has 1 rings (SSSR count). The van der Waals surface area contributed by atoms with Crippen LogP contribution in [0.25, 0.3) is 0 Å². The van der Waals surface area contributed by atoms with E-state index in [-0.39, 0.29) is 34.8 Å². The first-order valence-electron chi connectivity index (χ1n) is 6.24. The van der Waals surface area contributed by atoms with Crippen LogP contribution in [0.2, 0.25) is 5.02 Å². The Hall–Kier alpha value is -1.66. The van der Waals surface area contributed by atoms with Gasteiger partial charge in [0.15, 0.2) is 0 Å². The van der Waals surface area contributed by atoms with Crippen LogP contribution in [0.3, 0.4) is 0 Å². The molecule has 0 aliphatic carbocycles. The monoisotopic (exact) mass is 300 g/mol. The Morgan fingerprint density at radius 1 is 1.50 bits per heavy atom. The summed E-state index contributed by atoms with van der Waals surface area (Å²) in [6, 6.07) is 3.92. The second-order valence-electron chi connectivity index (χ2n) is 4.59. The Balaban J connectivity index is 3.05. The maximum atomic E-state index is 12.4. The summed E-state index contributed by atoms with van der Waals surface area (Å²) in [5, 5.41) is 19.7. The highest BCUT2D eigenvalue weighted by Gasteiger charge is 2.22. The maximum absolute atomic E-state index is 12.4. The molecule has 0 spiro atoms. The number of nitro benzene ring substituents is 1. The van der Waals surface area contributed by atoms with Crippen molar-refractivity contribution in [3.05, 3.63) is 38.9 Å². The number of rotatable bonds is 6. The SMILES string of the molecule is CC(C)N(CCCO)C(=O)c1ccc(Cl)c([N+](=O)[O-])c1. The van der Waals surface area contributed by atoms with Gasteiger partial charge >= 0.3 is 0 Å². The lowest BCUT2D eigenvalue weighted by atomic mass is 10.1. The predicted molar refractivity (Wildman–Crippen MR) is 76.0 cm³/mol. The third-order valence-corrected chi connectivity index (χ3v) is 3.15. The summed E-state index contributed by atoms with van der Waals surface area (Å²) < 4.78 is 0. The molecule has 0 atom stereocenters. The molecule has 110 valence electrons. The van der Waals surface area contributed by atoms with Crippen molar-refractivity contribution in [2.45, 2.75) is 26.3 Å². The fraction of sp³-hybridized carbons (Fsp3) is 0.462. The molecule has 1 aromatic rings. The van der Waals surface area contributed by atoms with Gasteiger partial charge in [0.2, 0.25) is 0 Å². The molecule has 1 N–H and O–H groups in total. The van der Waals surface area contributed by atoms with Gasteiger partial charge in [-0.15, -0.1) is 0 Å². The Labute approximate surface area is 122 Å². The molecule has 0 saturated carbocycles. The van der Waals surface area contributed by atoms with Gasteiger partial charge < -0.3 is 10.0 Å². The van der Waals surface area contributed by atoms with Gasteiger partial charge in [0.1, 0.15) is 5.02 Å². The number of hydrogen-bond acceptors (Lipinski definition) is 4. The third-order valence-electron chi connectivity index (χ3n) is 2.83. The van der Waals surface area contributed by atoms with E-state index in [4.69, 9.17) is 16.7 Å². The first-order chi connectivity index (χ1) is 9.38. The van der Waals surface area contributed by atoms with Gasteiger partial charge in [-0.05, 0) is 32.4 Å². The Morgan fingerprint density at radius 3 is 2.65 bits per heavy atom. The molecule has 0 fully saturated rings. The first-order valence-corrected chi connectivity index (χ1v) is 6.62. The molecule has 0 aromatic heterocycles. The normalized spacial score (nSPS) is 10.7. The molecule has 20 heavy (non-hydrogen) atoms. The zero-order valence-electron chi connectivity index (χ0n) is 11.4. The van der Waals surface area contributed by atoms with Crippen LogP contribution in [0.5, 0.6) is 0 Å². The molecule has 6 nitrogen and oxygen atoms in total. The van der Waals surface area contributed by atoms with E-state index in [1.54, 1.807) is 4.90 Å². The number of carbonyl (C=O) groups excluding carboxylic acids is 1. The van der Waals surface area contributed by atoms with Crippen LogP contribution in [0.15, 0.2) is 18.2 Å². The second kappa shape index (κ2) is 7.21. The standard InChI is InChI=1S/C13H17ClN2O4/c1-9(2)15(6-3-7-17)13(18)10-4-5-11(14)12(8-10)16(19)20/h4-5,8-9,17H,3,6-7H2,1-2H3. The lowest BCUT2D eigenvalue weighted by Crippen LogP contribution is -2.38. The minimum absolute atomic E-state index is 0.00185. The van der Waals surface area contributed by atoms with Crippen LogP contribution >= 0.6 is 11.6 Å². The molecule has 0 aliphatic rings. The lowest BCUT2D eigenvalue weighted by molar-refractivity contribution is -0.384. The summed E-state index contributed by atoms with van der Waals surface area (Å²) in [5.74, 6) is -0.312. The van der Waals surface area contributed by atoms with E-state index in [0.29, 0.717) is 13.0 Å². The summed E-state index contributed by atoms with van der Waals surface area (Å²) in [6.07, 6.45) is 0.458. The highest BCUT2D eigenvalue weighted by molar-refractivity contribution is 6.32.